The molecule has 2 aliphatic rings. The maximum Gasteiger partial charge on any atom is 0.259 e. The molecule has 0 atom stereocenters. The number of nitrogens with one attached hydrogen (secondary N) is 3. The smallest absolute Gasteiger partial charge is 0.259 e. The van der Waals surface area contributed by atoms with Crippen molar-refractivity contribution < 1.29 is 9.18 Å². The van der Waals surface area contributed by atoms with Gasteiger partial charge >= 0.3 is 0 Å². The Morgan fingerprint density at radius 3 is 2.97 bits per heavy atom. The minimum absolute atomic E-state index is 0.218. The molecule has 0 spiro atoms. The number of anilines is 3. The van der Waals surface area contributed by atoms with Crippen LogP contribution in [0.2, 0.25) is 0 Å². The van der Waals surface area contributed by atoms with E-state index in [9.17, 15) is 9.18 Å². The summed E-state index contributed by atoms with van der Waals surface area (Å²) in [6, 6.07) is 7.41. The molecule has 1 fully saturated rings. The van der Waals surface area contributed by atoms with Gasteiger partial charge in [-0.25, -0.2) is 13.9 Å². The highest BCUT2D eigenvalue weighted by atomic mass is 19.1. The fourth-order valence-electron chi connectivity index (χ4n) is 3.94. The third-order valence-corrected chi connectivity index (χ3v) is 6.01. The second-order valence-electron chi connectivity index (χ2n) is 8.46. The molecule has 1 amide bonds. The van der Waals surface area contributed by atoms with Gasteiger partial charge in [-0.3, -0.25) is 9.78 Å². The summed E-state index contributed by atoms with van der Waals surface area (Å²) in [4.78, 5) is 25.8. The van der Waals surface area contributed by atoms with Crippen LogP contribution < -0.4 is 16.0 Å². The number of alkyl halides is 1. The van der Waals surface area contributed by atoms with Crippen LogP contribution in [0.15, 0.2) is 61.3 Å². The van der Waals surface area contributed by atoms with Gasteiger partial charge in [0.25, 0.3) is 5.91 Å². The number of fused-ring (bicyclic) bond motifs is 2. The molecule has 3 N–H and O–H groups in total. The fourth-order valence-corrected chi connectivity index (χ4v) is 3.94. The van der Waals surface area contributed by atoms with Crippen molar-refractivity contribution in [3.8, 4) is 0 Å². The zero-order chi connectivity index (χ0) is 23.1. The number of hydrogen-bond donors (Lipinski definition) is 3. The van der Waals surface area contributed by atoms with Gasteiger partial charge < -0.3 is 16.0 Å². The summed E-state index contributed by atoms with van der Waals surface area (Å²) < 4.78 is 15.6. The number of carbonyl (C=O) groups is 1. The van der Waals surface area contributed by atoms with Crippen LogP contribution in [0.1, 0.15) is 34.3 Å². The zero-order valence-corrected chi connectivity index (χ0v) is 18.1. The van der Waals surface area contributed by atoms with E-state index in [1.165, 1.54) is 0 Å². The lowest BCUT2D eigenvalue weighted by Crippen LogP contribution is -2.19. The van der Waals surface area contributed by atoms with Gasteiger partial charge in [-0.2, -0.15) is 10.1 Å². The molecular formula is C24H21FN8O. The summed E-state index contributed by atoms with van der Waals surface area (Å²) in [5, 5.41) is 13.4. The Morgan fingerprint density at radius 2 is 2.15 bits per heavy atom. The Kier molecular flexibility index (Phi) is 4.72. The van der Waals surface area contributed by atoms with Gasteiger partial charge in [0.1, 0.15) is 11.5 Å². The third-order valence-electron chi connectivity index (χ3n) is 6.01. The van der Waals surface area contributed by atoms with Crippen LogP contribution >= 0.6 is 0 Å². The lowest BCUT2D eigenvalue weighted by Gasteiger charge is -2.19. The summed E-state index contributed by atoms with van der Waals surface area (Å²) in [6.07, 6.45) is 11.6. The standard InChI is InChI=1S/C24H21FN8O/c25-24(5-6-24)14-29-23-28-12-18-17(3-8-27-21(18)32-23)15-4-9-33-20(10-15)19(13-30-33)22(34)31-16-2-1-7-26-11-16/h1-4,7,9-13H,5-6,8,14H2,(H,31,34)(H2,27,28,29,32). The van der Waals surface area contributed by atoms with E-state index in [1.54, 1.807) is 41.4 Å². The second-order valence-corrected chi connectivity index (χ2v) is 8.46. The molecule has 4 aromatic rings. The molecule has 9 nitrogen and oxygen atoms in total. The van der Waals surface area contributed by atoms with Crippen LogP contribution in [0.5, 0.6) is 0 Å². The van der Waals surface area contributed by atoms with Gasteiger partial charge in [0.05, 0.1) is 35.7 Å². The van der Waals surface area contributed by atoms with Crippen molar-refractivity contribution in [1.29, 1.82) is 0 Å². The van der Waals surface area contributed by atoms with Gasteiger partial charge in [0.2, 0.25) is 5.95 Å². The topological polar surface area (TPSA) is 109 Å². The van der Waals surface area contributed by atoms with Gasteiger partial charge in [-0.1, -0.05) is 6.08 Å². The van der Waals surface area contributed by atoms with Crippen molar-refractivity contribution in [1.82, 2.24) is 24.6 Å². The first kappa shape index (κ1) is 20.3. The van der Waals surface area contributed by atoms with Crippen molar-refractivity contribution in [2.24, 2.45) is 0 Å². The lowest BCUT2D eigenvalue weighted by atomic mass is 9.97. The molecule has 0 radical (unpaired) electrons. The predicted octanol–water partition coefficient (Wildman–Crippen LogP) is 3.54. The number of aromatic nitrogens is 5. The summed E-state index contributed by atoms with van der Waals surface area (Å²) in [6.45, 7) is 0.806. The van der Waals surface area contributed by atoms with E-state index in [-0.39, 0.29) is 12.5 Å². The van der Waals surface area contributed by atoms with Crippen LogP contribution in [-0.2, 0) is 0 Å². The van der Waals surface area contributed by atoms with E-state index in [1.807, 2.05) is 18.3 Å². The molecule has 4 aromatic heterocycles. The molecule has 0 unspecified atom stereocenters. The Bertz CT molecular complexity index is 1430. The van der Waals surface area contributed by atoms with Gasteiger partial charge in [0, 0.05) is 30.7 Å². The van der Waals surface area contributed by atoms with Crippen LogP contribution in [-0.4, -0.2) is 49.2 Å². The molecule has 1 aliphatic heterocycles. The average molecular weight is 456 g/mol. The number of amides is 1. The molecule has 0 saturated heterocycles. The molecule has 0 aromatic carbocycles. The highest BCUT2D eigenvalue weighted by molar-refractivity contribution is 6.09. The molecule has 6 rings (SSSR count). The third kappa shape index (κ3) is 3.83. The molecule has 0 bridgehead atoms. The Balaban J connectivity index is 1.29. The SMILES string of the molecule is O=C(Nc1cccnc1)c1cnn2ccc(C3=CCNc4nc(NCC5(F)CC5)ncc43)cc12. The van der Waals surface area contributed by atoms with Crippen molar-refractivity contribution >= 4 is 34.5 Å². The molecule has 1 saturated carbocycles. The summed E-state index contributed by atoms with van der Waals surface area (Å²) in [5.74, 6) is 0.818. The van der Waals surface area contributed by atoms with Crippen molar-refractivity contribution in [3.05, 3.63) is 78.0 Å². The maximum atomic E-state index is 13.9. The fraction of sp³-hybridized carbons (Fsp3) is 0.208. The first-order chi connectivity index (χ1) is 16.6. The van der Waals surface area contributed by atoms with Gasteiger partial charge in [0.15, 0.2) is 0 Å². The molecule has 5 heterocycles. The normalized spacial score (nSPS) is 15.7. The quantitative estimate of drug-likeness (QED) is 0.407. The molecular weight excluding hydrogens is 435 g/mol. The van der Waals surface area contributed by atoms with Crippen molar-refractivity contribution in [3.63, 3.8) is 0 Å². The van der Waals surface area contributed by atoms with E-state index in [0.717, 1.165) is 16.7 Å². The maximum absolute atomic E-state index is 13.9. The van der Waals surface area contributed by atoms with E-state index in [4.69, 9.17) is 0 Å². The molecule has 10 heteroatoms. The highest BCUT2D eigenvalue weighted by Crippen LogP contribution is 2.39. The Morgan fingerprint density at radius 1 is 1.24 bits per heavy atom. The number of rotatable bonds is 6. The minimum Gasteiger partial charge on any atom is -0.366 e. The minimum atomic E-state index is -1.13. The Hall–Kier alpha value is -4.34. The van der Waals surface area contributed by atoms with Crippen molar-refractivity contribution in [2.45, 2.75) is 18.5 Å². The zero-order valence-electron chi connectivity index (χ0n) is 18.1. The first-order valence-corrected chi connectivity index (χ1v) is 11.0. The predicted molar refractivity (Wildman–Crippen MR) is 127 cm³/mol. The van der Waals surface area contributed by atoms with E-state index in [2.05, 4.69) is 42.1 Å². The van der Waals surface area contributed by atoms with E-state index < -0.39 is 5.67 Å². The number of halogens is 1. The summed E-state index contributed by atoms with van der Waals surface area (Å²) in [5.41, 5.74) is 3.32. The van der Waals surface area contributed by atoms with E-state index in [0.29, 0.717) is 47.9 Å². The summed E-state index contributed by atoms with van der Waals surface area (Å²) in [7, 11) is 0. The molecule has 170 valence electrons. The van der Waals surface area contributed by atoms with Crippen LogP contribution in [0.4, 0.5) is 21.8 Å². The monoisotopic (exact) mass is 456 g/mol. The first-order valence-electron chi connectivity index (χ1n) is 11.0. The average Bonchev–Trinajstić information content (AvgIpc) is 3.45. The number of hydrogen-bond acceptors (Lipinski definition) is 7. The van der Waals surface area contributed by atoms with Crippen LogP contribution in [0.3, 0.4) is 0 Å². The van der Waals surface area contributed by atoms with Gasteiger partial charge in [-0.05, 0) is 48.2 Å². The number of nitrogens with zero attached hydrogens (tertiary/aromatic N) is 5. The van der Waals surface area contributed by atoms with Gasteiger partial charge in [-0.15, -0.1) is 0 Å². The van der Waals surface area contributed by atoms with Crippen LogP contribution in [0, 0.1) is 0 Å². The lowest BCUT2D eigenvalue weighted by molar-refractivity contribution is 0.102. The molecule has 1 aliphatic carbocycles. The largest absolute Gasteiger partial charge is 0.366 e. The summed E-state index contributed by atoms with van der Waals surface area (Å²) >= 11 is 0. The van der Waals surface area contributed by atoms with Crippen molar-refractivity contribution in [2.75, 3.05) is 29.0 Å². The molecule has 34 heavy (non-hydrogen) atoms. The number of pyridine rings is 2. The van der Waals surface area contributed by atoms with Crippen LogP contribution in [0.25, 0.3) is 11.1 Å². The second kappa shape index (κ2) is 7.91. The number of carbonyl (C=O) groups excluding carboxylic acids is 1. The highest BCUT2D eigenvalue weighted by Gasteiger charge is 2.43. The Labute approximate surface area is 194 Å². The van der Waals surface area contributed by atoms with E-state index >= 15 is 0 Å².